The number of aromatic amines is 1. The van der Waals surface area contributed by atoms with Crippen LogP contribution in [0.2, 0.25) is 0 Å². The predicted molar refractivity (Wildman–Crippen MR) is 138 cm³/mol. The van der Waals surface area contributed by atoms with Crippen LogP contribution in [0.25, 0.3) is 10.9 Å². The van der Waals surface area contributed by atoms with Gasteiger partial charge in [0.05, 0.1) is 51.1 Å². The fraction of sp³-hybridized carbons (Fsp3) is 0.679. The van der Waals surface area contributed by atoms with Gasteiger partial charge in [-0.1, -0.05) is 0 Å². The van der Waals surface area contributed by atoms with Crippen molar-refractivity contribution in [2.24, 2.45) is 17.8 Å². The highest BCUT2D eigenvalue weighted by molar-refractivity contribution is 5.86. The van der Waals surface area contributed by atoms with Crippen LogP contribution in [0.5, 0.6) is 5.75 Å². The van der Waals surface area contributed by atoms with Crippen LogP contribution < -0.4 is 4.74 Å². The van der Waals surface area contributed by atoms with E-state index in [1.54, 1.807) is 28.4 Å². The van der Waals surface area contributed by atoms with Crippen molar-refractivity contribution in [3.63, 3.8) is 0 Å². The lowest BCUT2D eigenvalue weighted by molar-refractivity contribution is -0.186. The van der Waals surface area contributed by atoms with Gasteiger partial charge in [-0.15, -0.1) is 0 Å². The molecule has 1 aliphatic carbocycles. The highest BCUT2D eigenvalue weighted by atomic mass is 16.6. The second-order valence-corrected chi connectivity index (χ2v) is 10.4. The van der Waals surface area contributed by atoms with E-state index in [1.165, 1.54) is 16.6 Å². The molecular formula is C28H40N2O7. The molecule has 1 saturated carbocycles. The number of rotatable bonds is 10. The van der Waals surface area contributed by atoms with Gasteiger partial charge in [-0.3, -0.25) is 9.69 Å². The summed E-state index contributed by atoms with van der Waals surface area (Å²) in [6.45, 7) is 3.51. The Morgan fingerprint density at radius 3 is 2.62 bits per heavy atom. The number of aromatic nitrogens is 1. The van der Waals surface area contributed by atoms with Gasteiger partial charge in [0.25, 0.3) is 0 Å². The Hall–Kier alpha value is -2.17. The van der Waals surface area contributed by atoms with Crippen LogP contribution in [0.15, 0.2) is 18.2 Å². The van der Waals surface area contributed by atoms with Crippen LogP contribution in [-0.4, -0.2) is 96.0 Å². The number of piperidine rings is 1. The lowest BCUT2D eigenvalue weighted by atomic mass is 9.63. The Morgan fingerprint density at radius 1 is 1.05 bits per heavy atom. The van der Waals surface area contributed by atoms with E-state index in [-0.39, 0.29) is 36.7 Å². The quantitative estimate of drug-likeness (QED) is 0.381. The maximum atomic E-state index is 13.5. The summed E-state index contributed by atoms with van der Waals surface area (Å²) in [5, 5.41) is 1.26. The molecule has 1 aromatic heterocycles. The van der Waals surface area contributed by atoms with Crippen molar-refractivity contribution >= 4 is 16.9 Å². The van der Waals surface area contributed by atoms with E-state index < -0.39 is 5.92 Å². The zero-order chi connectivity index (χ0) is 25.9. The first-order valence-corrected chi connectivity index (χ1v) is 13.3. The fourth-order valence-corrected chi connectivity index (χ4v) is 6.87. The number of hydrogen-bond donors (Lipinski definition) is 1. The molecule has 1 N–H and O–H groups in total. The molecule has 9 nitrogen and oxygen atoms in total. The van der Waals surface area contributed by atoms with Gasteiger partial charge < -0.3 is 33.4 Å². The van der Waals surface area contributed by atoms with Crippen LogP contribution in [0.4, 0.5) is 0 Å². The maximum Gasteiger partial charge on any atom is 0.312 e. The first-order chi connectivity index (χ1) is 18.1. The molecule has 204 valence electrons. The largest absolute Gasteiger partial charge is 0.497 e. The topological polar surface area (TPSA) is 91.5 Å². The SMILES string of the molecule is COCCOC(=O)[C@H]1[C@H]2C[C@H]3c4[nH]c5cc(OC)ccc5c4CCN3C[C@H]2C[C@H](OCCOC)[C@@H]1OC. The van der Waals surface area contributed by atoms with Gasteiger partial charge >= 0.3 is 5.97 Å². The first-order valence-electron chi connectivity index (χ1n) is 13.3. The molecule has 0 radical (unpaired) electrons. The molecule has 0 amide bonds. The number of nitrogens with zero attached hydrogens (tertiary/aromatic N) is 1. The van der Waals surface area contributed by atoms with Gasteiger partial charge in [-0.25, -0.2) is 0 Å². The summed E-state index contributed by atoms with van der Waals surface area (Å²) in [5.74, 6) is 0.687. The number of H-pyrrole nitrogens is 1. The van der Waals surface area contributed by atoms with E-state index in [0.29, 0.717) is 25.7 Å². The van der Waals surface area contributed by atoms with Gasteiger partial charge in [-0.05, 0) is 48.8 Å². The zero-order valence-electron chi connectivity index (χ0n) is 22.4. The number of methoxy groups -OCH3 is 4. The zero-order valence-corrected chi connectivity index (χ0v) is 22.4. The summed E-state index contributed by atoms with van der Waals surface area (Å²) in [6, 6.07) is 6.48. The van der Waals surface area contributed by atoms with Crippen molar-refractivity contribution in [1.82, 2.24) is 9.88 Å². The molecule has 1 saturated heterocycles. The van der Waals surface area contributed by atoms with Crippen molar-refractivity contribution < 1.29 is 33.2 Å². The summed E-state index contributed by atoms with van der Waals surface area (Å²) in [4.78, 5) is 19.8. The Morgan fingerprint density at radius 2 is 1.86 bits per heavy atom. The summed E-state index contributed by atoms with van der Waals surface area (Å²) >= 11 is 0. The number of carbonyl (C=O) groups is 1. The molecule has 37 heavy (non-hydrogen) atoms. The number of nitrogens with one attached hydrogen (secondary N) is 1. The molecule has 2 fully saturated rings. The molecule has 5 rings (SSSR count). The van der Waals surface area contributed by atoms with Crippen molar-refractivity contribution in [1.29, 1.82) is 0 Å². The normalized spacial score (nSPS) is 29.4. The molecule has 1 aromatic carbocycles. The van der Waals surface area contributed by atoms with Crippen LogP contribution >= 0.6 is 0 Å². The van der Waals surface area contributed by atoms with Crippen LogP contribution in [0, 0.1) is 17.8 Å². The maximum absolute atomic E-state index is 13.5. The number of fused-ring (bicyclic) bond motifs is 6. The molecule has 0 spiro atoms. The van der Waals surface area contributed by atoms with E-state index >= 15 is 0 Å². The van der Waals surface area contributed by atoms with Crippen LogP contribution in [-0.2, 0) is 34.9 Å². The number of benzene rings is 1. The third-order valence-corrected chi connectivity index (χ3v) is 8.55. The van der Waals surface area contributed by atoms with Gasteiger partial charge in [0.1, 0.15) is 12.4 Å². The molecule has 0 unspecified atom stereocenters. The summed E-state index contributed by atoms with van der Waals surface area (Å²) < 4.78 is 33.7. The number of esters is 1. The fourth-order valence-electron chi connectivity index (χ4n) is 6.87. The first kappa shape index (κ1) is 26.4. The third-order valence-electron chi connectivity index (χ3n) is 8.55. The molecule has 2 aliphatic heterocycles. The van der Waals surface area contributed by atoms with Crippen LogP contribution in [0.1, 0.15) is 30.1 Å². The van der Waals surface area contributed by atoms with E-state index in [9.17, 15) is 4.79 Å². The van der Waals surface area contributed by atoms with Gasteiger partial charge in [0.15, 0.2) is 0 Å². The minimum atomic E-state index is -0.398. The smallest absolute Gasteiger partial charge is 0.312 e. The summed E-state index contributed by atoms with van der Waals surface area (Å²) in [6.07, 6.45) is 2.19. The minimum Gasteiger partial charge on any atom is -0.497 e. The van der Waals surface area contributed by atoms with E-state index in [0.717, 1.165) is 43.6 Å². The third kappa shape index (κ3) is 5.12. The van der Waals surface area contributed by atoms with Gasteiger partial charge in [0, 0.05) is 57.1 Å². The van der Waals surface area contributed by atoms with Gasteiger partial charge in [0.2, 0.25) is 0 Å². The molecule has 2 aromatic rings. The van der Waals surface area contributed by atoms with Crippen molar-refractivity contribution in [2.45, 2.75) is 37.5 Å². The number of carbonyl (C=O) groups excluding carboxylic acids is 1. The average Bonchev–Trinajstić information content (AvgIpc) is 3.29. The number of ether oxygens (including phenoxy) is 6. The Bertz CT molecular complexity index is 1070. The molecule has 3 heterocycles. The predicted octanol–water partition coefficient (Wildman–Crippen LogP) is 2.97. The second kappa shape index (κ2) is 11.7. The number of hydrogen-bond acceptors (Lipinski definition) is 8. The lowest BCUT2D eigenvalue weighted by Crippen LogP contribution is -2.58. The second-order valence-electron chi connectivity index (χ2n) is 10.4. The van der Waals surface area contributed by atoms with Crippen molar-refractivity contribution in [3.05, 3.63) is 29.5 Å². The Labute approximate surface area is 218 Å². The van der Waals surface area contributed by atoms with Gasteiger partial charge in [-0.2, -0.15) is 0 Å². The van der Waals surface area contributed by atoms with E-state index in [1.807, 2.05) is 6.07 Å². The standard InChI is InChI=1S/C28H40N2O7/c1-32-9-11-36-24-13-17-16-30-8-7-20-19-6-5-18(34-3)14-22(19)29-26(20)23(30)15-21(17)25(27(24)35-4)28(31)37-12-10-33-2/h5-6,14,17,21,23-25,27,29H,7-13,15-16H2,1-4H3/t17-,21+,23+,24+,25+,27+/m1/s1. The highest BCUT2D eigenvalue weighted by Gasteiger charge is 2.53. The summed E-state index contributed by atoms with van der Waals surface area (Å²) in [7, 11) is 6.64. The molecule has 3 aliphatic rings. The highest BCUT2D eigenvalue weighted by Crippen LogP contribution is 2.50. The van der Waals surface area contributed by atoms with E-state index in [2.05, 4.69) is 22.0 Å². The Kier molecular flexibility index (Phi) is 8.36. The molecular weight excluding hydrogens is 476 g/mol. The average molecular weight is 517 g/mol. The molecule has 0 bridgehead atoms. The van der Waals surface area contributed by atoms with E-state index in [4.69, 9.17) is 28.4 Å². The molecule has 9 heteroatoms. The van der Waals surface area contributed by atoms with Crippen molar-refractivity contribution in [3.8, 4) is 5.75 Å². The lowest BCUT2D eigenvalue weighted by Gasteiger charge is -2.53. The minimum absolute atomic E-state index is 0.135. The Balaban J connectivity index is 1.44. The summed E-state index contributed by atoms with van der Waals surface area (Å²) in [5.41, 5.74) is 3.76. The van der Waals surface area contributed by atoms with Crippen LogP contribution in [0.3, 0.4) is 0 Å². The monoisotopic (exact) mass is 516 g/mol. The van der Waals surface area contributed by atoms with Crippen molar-refractivity contribution in [2.75, 3.05) is 68.0 Å². The molecule has 6 atom stereocenters.